The molecular formula is C15H30O7. The Kier molecular flexibility index (Phi) is 15.5. The Morgan fingerprint density at radius 3 is 1.86 bits per heavy atom. The molecule has 2 atom stereocenters. The minimum Gasteiger partial charge on any atom is -0.462 e. The zero-order chi connectivity index (χ0) is 17.5. The van der Waals surface area contributed by atoms with E-state index in [9.17, 15) is 9.59 Å². The summed E-state index contributed by atoms with van der Waals surface area (Å²) in [7, 11) is 0. The Bertz CT molecular complexity index is 290. The van der Waals surface area contributed by atoms with Gasteiger partial charge in [0.05, 0.1) is 0 Å². The molecule has 0 aliphatic heterocycles. The summed E-state index contributed by atoms with van der Waals surface area (Å²) in [5, 5.41) is 17.5. The van der Waals surface area contributed by atoms with Gasteiger partial charge < -0.3 is 24.4 Å². The maximum atomic E-state index is 11.3. The molecule has 0 saturated carbocycles. The van der Waals surface area contributed by atoms with Crippen molar-refractivity contribution >= 4 is 11.9 Å². The second-order valence-electron chi connectivity index (χ2n) is 4.85. The molecule has 0 bridgehead atoms. The fourth-order valence-electron chi connectivity index (χ4n) is 1.07. The average molecular weight is 322 g/mol. The van der Waals surface area contributed by atoms with E-state index in [0.717, 1.165) is 13.2 Å². The summed E-state index contributed by atoms with van der Waals surface area (Å²) >= 11 is 0. The zero-order valence-electron chi connectivity index (χ0n) is 14.2. The van der Waals surface area contributed by atoms with Gasteiger partial charge in [0.15, 0.2) is 0 Å². The van der Waals surface area contributed by atoms with Gasteiger partial charge in [0.1, 0.15) is 12.5 Å². The first-order valence-corrected chi connectivity index (χ1v) is 7.53. The van der Waals surface area contributed by atoms with Crippen LogP contribution >= 0.6 is 0 Å². The van der Waals surface area contributed by atoms with Crippen LogP contribution in [0.3, 0.4) is 0 Å². The summed E-state index contributed by atoms with van der Waals surface area (Å²) in [5.74, 6) is -1.39. The highest BCUT2D eigenvalue weighted by Crippen LogP contribution is 2.07. The predicted octanol–water partition coefficient (Wildman–Crippen LogP) is 1.25. The third-order valence-corrected chi connectivity index (χ3v) is 2.60. The summed E-state index contributed by atoms with van der Waals surface area (Å²) in [6.07, 6.45) is -2.29. The fourth-order valence-corrected chi connectivity index (χ4v) is 1.07. The van der Waals surface area contributed by atoms with Crippen LogP contribution in [0.1, 0.15) is 47.5 Å². The molecule has 7 nitrogen and oxygen atoms in total. The number of hydrogen-bond acceptors (Lipinski definition) is 7. The topological polar surface area (TPSA) is 102 Å². The summed E-state index contributed by atoms with van der Waals surface area (Å²) in [5.41, 5.74) is 0. The van der Waals surface area contributed by atoms with E-state index in [1.807, 2.05) is 27.7 Å². The van der Waals surface area contributed by atoms with Crippen LogP contribution in [0.4, 0.5) is 0 Å². The summed E-state index contributed by atoms with van der Waals surface area (Å²) < 4.78 is 14.2. The summed E-state index contributed by atoms with van der Waals surface area (Å²) in [6.45, 7) is 10.9. The molecule has 0 aliphatic rings. The number of esters is 2. The highest BCUT2D eigenvalue weighted by Gasteiger charge is 2.19. The number of aliphatic hydroxyl groups excluding tert-OH is 2. The van der Waals surface area contributed by atoms with Gasteiger partial charge in [-0.15, -0.1) is 0 Å². The van der Waals surface area contributed by atoms with Gasteiger partial charge in [0.2, 0.25) is 6.29 Å². The van der Waals surface area contributed by atoms with Gasteiger partial charge in [-0.3, -0.25) is 9.59 Å². The third-order valence-electron chi connectivity index (χ3n) is 2.60. The van der Waals surface area contributed by atoms with Crippen LogP contribution in [-0.4, -0.2) is 54.4 Å². The van der Waals surface area contributed by atoms with Crippen molar-refractivity contribution in [2.24, 2.45) is 5.92 Å². The van der Waals surface area contributed by atoms with Crippen molar-refractivity contribution in [2.75, 3.05) is 19.8 Å². The molecule has 2 unspecified atom stereocenters. The Hall–Kier alpha value is -1.18. The zero-order valence-corrected chi connectivity index (χ0v) is 14.2. The van der Waals surface area contributed by atoms with E-state index < -0.39 is 24.6 Å². The van der Waals surface area contributed by atoms with Gasteiger partial charge in [-0.2, -0.15) is 0 Å². The Labute approximate surface area is 132 Å². The van der Waals surface area contributed by atoms with Crippen LogP contribution in [0, 0.1) is 5.92 Å². The van der Waals surface area contributed by atoms with E-state index >= 15 is 0 Å². The number of aliphatic hydroxyl groups is 2. The quantitative estimate of drug-likeness (QED) is 0.374. The first-order chi connectivity index (χ1) is 10.3. The molecule has 2 N–H and O–H groups in total. The van der Waals surface area contributed by atoms with E-state index in [1.165, 1.54) is 0 Å². The normalized spacial score (nSPS) is 12.9. The lowest BCUT2D eigenvalue weighted by atomic mass is 10.1. The Morgan fingerprint density at radius 1 is 1.00 bits per heavy atom. The molecule has 0 rings (SSSR count). The summed E-state index contributed by atoms with van der Waals surface area (Å²) in [4.78, 5) is 22.4. The van der Waals surface area contributed by atoms with Crippen molar-refractivity contribution in [1.82, 2.24) is 0 Å². The average Bonchev–Trinajstić information content (AvgIpc) is 2.39. The van der Waals surface area contributed by atoms with Gasteiger partial charge >= 0.3 is 11.9 Å². The van der Waals surface area contributed by atoms with Gasteiger partial charge in [0.25, 0.3) is 0 Å². The lowest BCUT2D eigenvalue weighted by molar-refractivity contribution is -0.174. The van der Waals surface area contributed by atoms with Crippen molar-refractivity contribution in [3.63, 3.8) is 0 Å². The van der Waals surface area contributed by atoms with E-state index in [2.05, 4.69) is 4.74 Å². The number of carbonyl (C=O) groups excluding carboxylic acids is 2. The van der Waals surface area contributed by atoms with Crippen molar-refractivity contribution < 1.29 is 34.0 Å². The van der Waals surface area contributed by atoms with Crippen LogP contribution in [0.2, 0.25) is 0 Å². The summed E-state index contributed by atoms with van der Waals surface area (Å²) in [6, 6.07) is 0. The van der Waals surface area contributed by atoms with Crippen molar-refractivity contribution in [2.45, 2.75) is 59.9 Å². The van der Waals surface area contributed by atoms with E-state index in [-0.39, 0.29) is 25.0 Å². The van der Waals surface area contributed by atoms with Crippen LogP contribution < -0.4 is 0 Å². The number of ether oxygens (including phenoxy) is 3. The molecule has 0 radical (unpaired) electrons. The predicted molar refractivity (Wildman–Crippen MR) is 81.0 cm³/mol. The first-order valence-electron chi connectivity index (χ1n) is 7.53. The molecular weight excluding hydrogens is 292 g/mol. The smallest absolute Gasteiger partial charge is 0.319 e. The minimum atomic E-state index is -1.39. The fraction of sp³-hybridized carbons (Fsp3) is 0.867. The molecule has 0 aromatic heterocycles. The van der Waals surface area contributed by atoms with Crippen molar-refractivity contribution in [3.05, 3.63) is 0 Å². The van der Waals surface area contributed by atoms with Crippen LogP contribution in [0.25, 0.3) is 0 Å². The standard InChI is InChI=1S/C11H20O6.C4H10O/c1-7(2)8(3)16-10(14)6-11(15)17-9(13)4-5-12;1-3-5-4-2/h7-9,12-13H,4-6H2,1-3H3;3-4H2,1-2H3. The number of hydrogen-bond donors (Lipinski definition) is 2. The molecule has 22 heavy (non-hydrogen) atoms. The number of rotatable bonds is 9. The third kappa shape index (κ3) is 15.2. The maximum Gasteiger partial charge on any atom is 0.319 e. The number of carbonyl (C=O) groups is 2. The van der Waals surface area contributed by atoms with Gasteiger partial charge in [0, 0.05) is 26.2 Å². The molecule has 7 heteroatoms. The molecule has 0 aliphatic carbocycles. The Balaban J connectivity index is 0. The first kappa shape index (κ1) is 23.1. The van der Waals surface area contributed by atoms with Crippen molar-refractivity contribution in [3.8, 4) is 0 Å². The van der Waals surface area contributed by atoms with Crippen LogP contribution in [0.5, 0.6) is 0 Å². The molecule has 0 fully saturated rings. The lowest BCUT2D eigenvalue weighted by Crippen LogP contribution is -2.25. The minimum absolute atomic E-state index is 0.0802. The maximum absolute atomic E-state index is 11.3. The highest BCUT2D eigenvalue weighted by molar-refractivity contribution is 5.91. The molecule has 0 saturated heterocycles. The molecule has 0 aromatic rings. The molecule has 0 aromatic carbocycles. The molecule has 0 spiro atoms. The van der Waals surface area contributed by atoms with Gasteiger partial charge in [-0.05, 0) is 26.7 Å². The van der Waals surface area contributed by atoms with Gasteiger partial charge in [-0.1, -0.05) is 13.8 Å². The molecule has 0 amide bonds. The largest absolute Gasteiger partial charge is 0.462 e. The monoisotopic (exact) mass is 322 g/mol. The van der Waals surface area contributed by atoms with Crippen LogP contribution in [0.15, 0.2) is 0 Å². The lowest BCUT2D eigenvalue weighted by Gasteiger charge is -2.16. The Morgan fingerprint density at radius 2 is 1.50 bits per heavy atom. The molecule has 132 valence electrons. The van der Waals surface area contributed by atoms with Crippen molar-refractivity contribution in [1.29, 1.82) is 0 Å². The SMILES string of the molecule is CC(C)C(C)OC(=O)CC(=O)OC(O)CCO.CCOCC. The van der Waals surface area contributed by atoms with E-state index in [4.69, 9.17) is 19.7 Å². The van der Waals surface area contributed by atoms with E-state index in [1.54, 1.807) is 6.92 Å². The second kappa shape index (κ2) is 14.7. The second-order valence-corrected chi connectivity index (χ2v) is 4.85. The van der Waals surface area contributed by atoms with Gasteiger partial charge in [-0.25, -0.2) is 0 Å². The van der Waals surface area contributed by atoms with E-state index in [0.29, 0.717) is 0 Å². The highest BCUT2D eigenvalue weighted by atomic mass is 16.6. The van der Waals surface area contributed by atoms with Crippen LogP contribution in [-0.2, 0) is 23.8 Å². The molecule has 0 heterocycles.